The summed E-state index contributed by atoms with van der Waals surface area (Å²) in [5.41, 5.74) is 10.7. The van der Waals surface area contributed by atoms with Gasteiger partial charge in [0.25, 0.3) is 0 Å². The molecule has 0 radical (unpaired) electrons. The minimum atomic E-state index is 0.452. The molecule has 0 aliphatic heterocycles. The number of aromatic nitrogens is 3. The van der Waals surface area contributed by atoms with Crippen molar-refractivity contribution in [3.63, 3.8) is 0 Å². The molecule has 0 fully saturated rings. The Kier molecular flexibility index (Phi) is 2.57. The van der Waals surface area contributed by atoms with Crippen molar-refractivity contribution in [2.45, 2.75) is 13.5 Å². The number of rotatable bonds is 2. The van der Waals surface area contributed by atoms with E-state index in [1.54, 1.807) is 10.7 Å². The number of hydrogen-bond donors (Lipinski definition) is 1. The van der Waals surface area contributed by atoms with Crippen LogP contribution in [-0.4, -0.2) is 14.6 Å². The highest BCUT2D eigenvalue weighted by atomic mass is 15.3. The third kappa shape index (κ3) is 1.76. The molecular weight excluding hydrogens is 224 g/mol. The zero-order valence-electron chi connectivity index (χ0n) is 10.2. The second-order valence-corrected chi connectivity index (χ2v) is 4.31. The average Bonchev–Trinajstić information content (AvgIpc) is 2.83. The maximum atomic E-state index is 5.70. The topological polar surface area (TPSA) is 56.2 Å². The molecule has 2 aromatic heterocycles. The van der Waals surface area contributed by atoms with Crippen LogP contribution in [0.2, 0.25) is 0 Å². The van der Waals surface area contributed by atoms with E-state index >= 15 is 0 Å². The molecule has 2 heterocycles. The Bertz CT molecular complexity index is 683. The summed E-state index contributed by atoms with van der Waals surface area (Å²) in [7, 11) is 0. The average molecular weight is 238 g/mol. The molecule has 0 aliphatic rings. The molecule has 18 heavy (non-hydrogen) atoms. The molecule has 0 spiro atoms. The van der Waals surface area contributed by atoms with Crippen molar-refractivity contribution < 1.29 is 0 Å². The molecule has 90 valence electrons. The number of benzene rings is 1. The Balaban J connectivity index is 2.16. The van der Waals surface area contributed by atoms with Crippen LogP contribution in [0.5, 0.6) is 0 Å². The van der Waals surface area contributed by atoms with Gasteiger partial charge in [-0.15, -0.1) is 0 Å². The van der Waals surface area contributed by atoms with Gasteiger partial charge in [0.2, 0.25) is 0 Å². The Morgan fingerprint density at radius 1 is 1.17 bits per heavy atom. The van der Waals surface area contributed by atoms with Crippen molar-refractivity contribution in [2.75, 3.05) is 0 Å². The lowest BCUT2D eigenvalue weighted by molar-refractivity contribution is 0.838. The molecule has 3 rings (SSSR count). The summed E-state index contributed by atoms with van der Waals surface area (Å²) >= 11 is 0. The molecule has 0 saturated heterocycles. The van der Waals surface area contributed by atoms with E-state index in [1.165, 1.54) is 5.56 Å². The smallest absolute Gasteiger partial charge is 0.155 e. The van der Waals surface area contributed by atoms with Crippen LogP contribution in [0.3, 0.4) is 0 Å². The minimum absolute atomic E-state index is 0.452. The van der Waals surface area contributed by atoms with E-state index in [0.717, 1.165) is 22.6 Å². The fourth-order valence-electron chi connectivity index (χ4n) is 1.96. The van der Waals surface area contributed by atoms with Crippen LogP contribution >= 0.6 is 0 Å². The van der Waals surface area contributed by atoms with Crippen molar-refractivity contribution in [1.29, 1.82) is 0 Å². The zero-order chi connectivity index (χ0) is 12.5. The number of nitrogens with zero attached hydrogens (tertiary/aromatic N) is 3. The van der Waals surface area contributed by atoms with Crippen LogP contribution < -0.4 is 5.73 Å². The van der Waals surface area contributed by atoms with Crippen LogP contribution in [0.15, 0.2) is 42.6 Å². The van der Waals surface area contributed by atoms with E-state index in [2.05, 4.69) is 41.3 Å². The highest BCUT2D eigenvalue weighted by molar-refractivity contribution is 5.64. The monoisotopic (exact) mass is 238 g/mol. The van der Waals surface area contributed by atoms with Gasteiger partial charge in [-0.3, -0.25) is 0 Å². The summed E-state index contributed by atoms with van der Waals surface area (Å²) in [6.45, 7) is 2.52. The van der Waals surface area contributed by atoms with E-state index in [9.17, 15) is 0 Å². The maximum Gasteiger partial charge on any atom is 0.155 e. The third-order valence-electron chi connectivity index (χ3n) is 2.99. The van der Waals surface area contributed by atoms with Crippen LogP contribution in [0, 0.1) is 6.92 Å². The number of hydrogen-bond acceptors (Lipinski definition) is 3. The van der Waals surface area contributed by atoms with Gasteiger partial charge in [-0.05, 0) is 13.0 Å². The maximum absolute atomic E-state index is 5.70. The SMILES string of the molecule is Cc1ccc(-c2cc3nccc(CN)n3n2)cc1. The molecule has 3 aromatic rings. The molecular formula is C14H14N4. The van der Waals surface area contributed by atoms with Gasteiger partial charge in [0.1, 0.15) is 0 Å². The van der Waals surface area contributed by atoms with Gasteiger partial charge in [0, 0.05) is 24.4 Å². The van der Waals surface area contributed by atoms with Crippen molar-refractivity contribution in [3.8, 4) is 11.3 Å². The lowest BCUT2D eigenvalue weighted by atomic mass is 10.1. The summed E-state index contributed by atoms with van der Waals surface area (Å²) in [4.78, 5) is 4.30. The van der Waals surface area contributed by atoms with E-state index in [1.807, 2.05) is 12.1 Å². The number of aryl methyl sites for hydroxylation is 1. The predicted octanol–water partition coefficient (Wildman–Crippen LogP) is 2.16. The largest absolute Gasteiger partial charge is 0.325 e. The lowest BCUT2D eigenvalue weighted by Crippen LogP contribution is -2.05. The van der Waals surface area contributed by atoms with Crippen molar-refractivity contribution in [2.24, 2.45) is 5.73 Å². The summed E-state index contributed by atoms with van der Waals surface area (Å²) < 4.78 is 1.80. The highest BCUT2D eigenvalue weighted by Gasteiger charge is 2.07. The molecule has 0 amide bonds. The molecule has 0 atom stereocenters. The van der Waals surface area contributed by atoms with Gasteiger partial charge in [0.15, 0.2) is 5.65 Å². The first-order chi connectivity index (χ1) is 8.78. The van der Waals surface area contributed by atoms with Crippen molar-refractivity contribution in [1.82, 2.24) is 14.6 Å². The third-order valence-corrected chi connectivity index (χ3v) is 2.99. The molecule has 4 heteroatoms. The number of nitrogens with two attached hydrogens (primary N) is 1. The first kappa shape index (κ1) is 10.9. The fourth-order valence-corrected chi connectivity index (χ4v) is 1.96. The van der Waals surface area contributed by atoms with E-state index < -0.39 is 0 Å². The molecule has 1 aromatic carbocycles. The Morgan fingerprint density at radius 2 is 1.94 bits per heavy atom. The second-order valence-electron chi connectivity index (χ2n) is 4.31. The van der Waals surface area contributed by atoms with Crippen LogP contribution in [0.4, 0.5) is 0 Å². The first-order valence-electron chi connectivity index (χ1n) is 5.89. The van der Waals surface area contributed by atoms with Crippen LogP contribution in [0.25, 0.3) is 16.9 Å². The van der Waals surface area contributed by atoms with Crippen molar-refractivity contribution >= 4 is 5.65 Å². The first-order valence-corrected chi connectivity index (χ1v) is 5.89. The molecule has 0 saturated carbocycles. The lowest BCUT2D eigenvalue weighted by Gasteiger charge is -1.99. The van der Waals surface area contributed by atoms with Gasteiger partial charge in [-0.1, -0.05) is 29.8 Å². The van der Waals surface area contributed by atoms with Gasteiger partial charge >= 0.3 is 0 Å². The fraction of sp³-hybridized carbons (Fsp3) is 0.143. The van der Waals surface area contributed by atoms with Crippen molar-refractivity contribution in [3.05, 3.63) is 53.9 Å². The van der Waals surface area contributed by atoms with E-state index in [0.29, 0.717) is 6.54 Å². The molecule has 0 aliphatic carbocycles. The van der Waals surface area contributed by atoms with Gasteiger partial charge in [-0.25, -0.2) is 9.50 Å². The Hall–Kier alpha value is -2.20. The normalized spacial score (nSPS) is 11.0. The summed E-state index contributed by atoms with van der Waals surface area (Å²) in [6, 6.07) is 12.2. The van der Waals surface area contributed by atoms with Gasteiger partial charge < -0.3 is 5.73 Å². The molecule has 0 unspecified atom stereocenters. The van der Waals surface area contributed by atoms with Gasteiger partial charge in [0.05, 0.1) is 11.4 Å². The van der Waals surface area contributed by atoms with E-state index in [4.69, 9.17) is 5.73 Å². The van der Waals surface area contributed by atoms with Crippen LogP contribution in [0.1, 0.15) is 11.3 Å². The standard InChI is InChI=1S/C14H14N4/c1-10-2-4-11(5-3-10)13-8-14-16-7-6-12(9-15)18(14)17-13/h2-8H,9,15H2,1H3. The van der Waals surface area contributed by atoms with Gasteiger partial charge in [-0.2, -0.15) is 5.10 Å². The zero-order valence-corrected chi connectivity index (χ0v) is 10.2. The Labute approximate surface area is 105 Å². The van der Waals surface area contributed by atoms with Crippen LogP contribution in [-0.2, 0) is 6.54 Å². The molecule has 2 N–H and O–H groups in total. The summed E-state index contributed by atoms with van der Waals surface area (Å²) in [5.74, 6) is 0. The number of fused-ring (bicyclic) bond motifs is 1. The predicted molar refractivity (Wildman–Crippen MR) is 71.1 cm³/mol. The quantitative estimate of drug-likeness (QED) is 0.744. The Morgan fingerprint density at radius 3 is 2.67 bits per heavy atom. The van der Waals surface area contributed by atoms with E-state index in [-0.39, 0.29) is 0 Å². The molecule has 0 bridgehead atoms. The minimum Gasteiger partial charge on any atom is -0.325 e. The second kappa shape index (κ2) is 4.23. The summed E-state index contributed by atoms with van der Waals surface area (Å²) in [5, 5.41) is 4.56. The molecule has 4 nitrogen and oxygen atoms in total. The summed E-state index contributed by atoms with van der Waals surface area (Å²) in [6.07, 6.45) is 1.76. The highest BCUT2D eigenvalue weighted by Crippen LogP contribution is 2.19.